The average Bonchev–Trinajstić information content (AvgIpc) is 3.19. The molecule has 0 spiro atoms. The van der Waals surface area contributed by atoms with Gasteiger partial charge in [-0.2, -0.15) is 0 Å². The minimum absolute atomic E-state index is 0.0720. The predicted molar refractivity (Wildman–Crippen MR) is 84.9 cm³/mol. The first-order chi connectivity index (χ1) is 9.43. The number of rotatable bonds is 7. The van der Waals surface area contributed by atoms with E-state index in [0.717, 1.165) is 18.3 Å². The van der Waals surface area contributed by atoms with Crippen LogP contribution in [0.3, 0.4) is 0 Å². The number of nitrogens with one attached hydrogen (secondary N) is 1. The van der Waals surface area contributed by atoms with Crippen LogP contribution >= 0.6 is 0 Å². The number of aliphatic hydroxyl groups excluding tert-OH is 1. The molecule has 1 saturated heterocycles. The zero-order valence-electron chi connectivity index (χ0n) is 13.9. The molecular weight excluding hydrogens is 248 g/mol. The highest BCUT2D eigenvalue weighted by Gasteiger charge is 2.32. The Morgan fingerprint density at radius 2 is 1.95 bits per heavy atom. The lowest BCUT2D eigenvalue weighted by Crippen LogP contribution is -2.49. The van der Waals surface area contributed by atoms with Gasteiger partial charge in [-0.05, 0) is 64.3 Å². The van der Waals surface area contributed by atoms with Gasteiger partial charge in [-0.15, -0.1) is 0 Å². The summed E-state index contributed by atoms with van der Waals surface area (Å²) in [4.78, 5) is 2.66. The summed E-state index contributed by atoms with van der Waals surface area (Å²) >= 11 is 0. The van der Waals surface area contributed by atoms with Crippen LogP contribution in [0.4, 0.5) is 0 Å². The van der Waals surface area contributed by atoms with E-state index in [4.69, 9.17) is 0 Å². The minimum atomic E-state index is -0.0720. The Balaban J connectivity index is 1.75. The third kappa shape index (κ3) is 4.44. The molecule has 118 valence electrons. The van der Waals surface area contributed by atoms with E-state index in [1.54, 1.807) is 0 Å². The summed E-state index contributed by atoms with van der Waals surface area (Å²) in [5.74, 6) is 1.64. The number of hydrogen-bond donors (Lipinski definition) is 2. The van der Waals surface area contributed by atoms with Gasteiger partial charge in [0.25, 0.3) is 0 Å². The van der Waals surface area contributed by atoms with Crippen LogP contribution in [0.15, 0.2) is 0 Å². The first kappa shape index (κ1) is 16.3. The second kappa shape index (κ2) is 6.76. The minimum Gasteiger partial charge on any atom is -0.394 e. The lowest BCUT2D eigenvalue weighted by Gasteiger charge is -2.41. The average molecular weight is 282 g/mol. The lowest BCUT2D eigenvalue weighted by molar-refractivity contribution is 0.0728. The monoisotopic (exact) mass is 282 g/mol. The van der Waals surface area contributed by atoms with Crippen molar-refractivity contribution in [2.24, 2.45) is 11.8 Å². The van der Waals surface area contributed by atoms with Crippen LogP contribution < -0.4 is 5.32 Å². The Morgan fingerprint density at radius 1 is 1.25 bits per heavy atom. The molecule has 2 aliphatic rings. The Morgan fingerprint density at radius 3 is 2.55 bits per heavy atom. The molecule has 0 aromatic heterocycles. The molecule has 0 bridgehead atoms. The van der Waals surface area contributed by atoms with Gasteiger partial charge in [0.05, 0.1) is 6.61 Å². The van der Waals surface area contributed by atoms with Crippen molar-refractivity contribution in [3.63, 3.8) is 0 Å². The van der Waals surface area contributed by atoms with Crippen LogP contribution in [0.1, 0.15) is 59.8 Å². The van der Waals surface area contributed by atoms with Gasteiger partial charge in [-0.1, -0.05) is 13.8 Å². The molecule has 1 heterocycles. The van der Waals surface area contributed by atoms with E-state index in [-0.39, 0.29) is 12.1 Å². The molecule has 1 aliphatic heterocycles. The zero-order chi connectivity index (χ0) is 14.8. The lowest BCUT2D eigenvalue weighted by atomic mass is 9.85. The summed E-state index contributed by atoms with van der Waals surface area (Å²) in [5.41, 5.74) is -0.0720. The van der Waals surface area contributed by atoms with Crippen molar-refractivity contribution in [3.05, 3.63) is 0 Å². The smallest absolute Gasteiger partial charge is 0.0610 e. The van der Waals surface area contributed by atoms with Crippen LogP contribution in [0, 0.1) is 11.8 Å². The van der Waals surface area contributed by atoms with E-state index in [1.807, 2.05) is 0 Å². The van der Waals surface area contributed by atoms with E-state index < -0.39 is 0 Å². The molecule has 2 N–H and O–H groups in total. The van der Waals surface area contributed by atoms with Crippen LogP contribution in [-0.2, 0) is 0 Å². The summed E-state index contributed by atoms with van der Waals surface area (Å²) in [6, 6.07) is 1.38. The fourth-order valence-electron chi connectivity index (χ4n) is 3.72. The third-order valence-corrected chi connectivity index (χ3v) is 5.37. The fourth-order valence-corrected chi connectivity index (χ4v) is 3.72. The molecule has 4 atom stereocenters. The maximum absolute atomic E-state index is 9.66. The van der Waals surface area contributed by atoms with Gasteiger partial charge in [0, 0.05) is 24.2 Å². The van der Waals surface area contributed by atoms with Crippen LogP contribution in [-0.4, -0.2) is 47.3 Å². The zero-order valence-corrected chi connectivity index (χ0v) is 13.9. The number of likely N-dealkylation sites (tertiary alicyclic amines) is 1. The SMILES string of the molecule is CC1CC(C)C(C)N(CCCC(C)(CO)NC2CC2)C1. The Kier molecular flexibility index (Phi) is 5.49. The first-order valence-corrected chi connectivity index (χ1v) is 8.56. The van der Waals surface area contributed by atoms with Crippen molar-refractivity contribution in [3.8, 4) is 0 Å². The maximum Gasteiger partial charge on any atom is 0.0610 e. The standard InChI is InChI=1S/C17H34N2O/c1-13-10-14(2)15(3)19(11-13)9-5-8-17(4,12-20)18-16-6-7-16/h13-16,18,20H,5-12H2,1-4H3. The quantitative estimate of drug-likeness (QED) is 0.753. The molecule has 0 radical (unpaired) electrons. The summed E-state index contributed by atoms with van der Waals surface area (Å²) in [5, 5.41) is 13.3. The maximum atomic E-state index is 9.66. The highest BCUT2D eigenvalue weighted by atomic mass is 16.3. The van der Waals surface area contributed by atoms with Crippen LogP contribution in [0.5, 0.6) is 0 Å². The van der Waals surface area contributed by atoms with Crippen molar-refractivity contribution >= 4 is 0 Å². The van der Waals surface area contributed by atoms with Crippen LogP contribution in [0.25, 0.3) is 0 Å². The molecule has 3 heteroatoms. The third-order valence-electron chi connectivity index (χ3n) is 5.37. The Hall–Kier alpha value is -0.120. The molecule has 3 nitrogen and oxygen atoms in total. The first-order valence-electron chi connectivity index (χ1n) is 8.56. The summed E-state index contributed by atoms with van der Waals surface area (Å²) < 4.78 is 0. The highest BCUT2D eigenvalue weighted by molar-refractivity contribution is 4.92. The van der Waals surface area contributed by atoms with Crippen LogP contribution in [0.2, 0.25) is 0 Å². The largest absolute Gasteiger partial charge is 0.394 e. The van der Waals surface area contributed by atoms with Gasteiger partial charge in [-0.25, -0.2) is 0 Å². The Labute approximate surface area is 125 Å². The number of aliphatic hydroxyl groups is 1. The summed E-state index contributed by atoms with van der Waals surface area (Å²) in [6.45, 7) is 12.0. The molecule has 2 fully saturated rings. The summed E-state index contributed by atoms with van der Waals surface area (Å²) in [6.07, 6.45) is 6.20. The highest BCUT2D eigenvalue weighted by Crippen LogP contribution is 2.28. The van der Waals surface area contributed by atoms with E-state index in [1.165, 1.54) is 38.8 Å². The Bertz CT molecular complexity index is 305. The molecule has 20 heavy (non-hydrogen) atoms. The number of hydrogen-bond acceptors (Lipinski definition) is 3. The van der Waals surface area contributed by atoms with Gasteiger partial charge in [0.1, 0.15) is 0 Å². The molecular formula is C17H34N2O. The molecule has 4 unspecified atom stereocenters. The predicted octanol–water partition coefficient (Wildman–Crippen LogP) is 2.64. The molecule has 1 saturated carbocycles. The van der Waals surface area contributed by atoms with Crippen molar-refractivity contribution in [2.75, 3.05) is 19.7 Å². The number of nitrogens with zero attached hydrogens (tertiary/aromatic N) is 1. The van der Waals surface area contributed by atoms with E-state index in [0.29, 0.717) is 12.1 Å². The second-order valence-corrected chi connectivity index (χ2v) is 7.79. The van der Waals surface area contributed by atoms with Crippen molar-refractivity contribution in [2.45, 2.75) is 77.4 Å². The van der Waals surface area contributed by atoms with Gasteiger partial charge < -0.3 is 15.3 Å². The fraction of sp³-hybridized carbons (Fsp3) is 1.00. The molecule has 2 rings (SSSR count). The van der Waals surface area contributed by atoms with Crippen molar-refractivity contribution < 1.29 is 5.11 Å². The topological polar surface area (TPSA) is 35.5 Å². The summed E-state index contributed by atoms with van der Waals surface area (Å²) in [7, 11) is 0. The van der Waals surface area contributed by atoms with Crippen molar-refractivity contribution in [1.29, 1.82) is 0 Å². The molecule has 0 aromatic rings. The molecule has 0 amide bonds. The van der Waals surface area contributed by atoms with Gasteiger partial charge in [-0.3, -0.25) is 0 Å². The van der Waals surface area contributed by atoms with Gasteiger partial charge in [0.2, 0.25) is 0 Å². The van der Waals surface area contributed by atoms with Crippen molar-refractivity contribution in [1.82, 2.24) is 10.2 Å². The van der Waals surface area contributed by atoms with E-state index >= 15 is 0 Å². The second-order valence-electron chi connectivity index (χ2n) is 7.79. The molecule has 0 aromatic carbocycles. The van der Waals surface area contributed by atoms with Gasteiger partial charge >= 0.3 is 0 Å². The van der Waals surface area contributed by atoms with Gasteiger partial charge in [0.15, 0.2) is 0 Å². The van der Waals surface area contributed by atoms with E-state index in [9.17, 15) is 5.11 Å². The molecule has 1 aliphatic carbocycles. The normalized spacial score (nSPS) is 35.0. The number of piperidine rings is 1. The van der Waals surface area contributed by atoms with E-state index in [2.05, 4.69) is 37.9 Å².